The Morgan fingerprint density at radius 3 is 2.56 bits per heavy atom. The molecular weight excluding hydrogens is 347 g/mol. The number of anilines is 3. The Balaban J connectivity index is 1.47. The zero-order valence-electron chi connectivity index (χ0n) is 14.8. The van der Waals surface area contributed by atoms with Crippen molar-refractivity contribution in [1.82, 2.24) is 9.97 Å². The van der Waals surface area contributed by atoms with E-state index in [2.05, 4.69) is 20.6 Å². The van der Waals surface area contributed by atoms with Gasteiger partial charge in [0.2, 0.25) is 5.95 Å². The van der Waals surface area contributed by atoms with Crippen LogP contribution in [0.25, 0.3) is 0 Å². The minimum atomic E-state index is -0.248. The molecule has 1 aliphatic heterocycles. The Bertz CT molecular complexity index is 947. The van der Waals surface area contributed by atoms with Gasteiger partial charge < -0.3 is 20.1 Å². The van der Waals surface area contributed by atoms with Crippen molar-refractivity contribution in [3.8, 4) is 11.5 Å². The molecule has 0 amide bonds. The summed E-state index contributed by atoms with van der Waals surface area (Å²) in [6, 6.07) is 13.8. The summed E-state index contributed by atoms with van der Waals surface area (Å²) in [7, 11) is 0. The summed E-state index contributed by atoms with van der Waals surface area (Å²) >= 11 is 0. The van der Waals surface area contributed by atoms with E-state index in [1.54, 1.807) is 12.1 Å². The number of nitrogens with zero attached hydrogens (tertiary/aromatic N) is 2. The summed E-state index contributed by atoms with van der Waals surface area (Å²) in [6.45, 7) is 3.54. The Kier molecular flexibility index (Phi) is 4.74. The van der Waals surface area contributed by atoms with E-state index in [1.807, 2.05) is 31.2 Å². The molecule has 0 fully saturated rings. The number of nitrogens with one attached hydrogen (secondary N) is 2. The smallest absolute Gasteiger partial charge is 0.229 e. The fraction of sp³-hybridized carbons (Fsp3) is 0.200. The molecule has 0 aliphatic carbocycles. The van der Waals surface area contributed by atoms with Gasteiger partial charge in [-0.3, -0.25) is 0 Å². The van der Waals surface area contributed by atoms with Crippen LogP contribution in [0.2, 0.25) is 0 Å². The molecule has 0 atom stereocenters. The van der Waals surface area contributed by atoms with Crippen LogP contribution in [0.1, 0.15) is 11.3 Å². The van der Waals surface area contributed by atoms with Crippen molar-refractivity contribution in [1.29, 1.82) is 0 Å². The monoisotopic (exact) mass is 366 g/mol. The van der Waals surface area contributed by atoms with Crippen LogP contribution in [-0.4, -0.2) is 23.2 Å². The lowest BCUT2D eigenvalue weighted by Crippen LogP contribution is -2.15. The first-order chi connectivity index (χ1) is 13.2. The second-order valence-electron chi connectivity index (χ2n) is 6.18. The molecule has 0 radical (unpaired) electrons. The van der Waals surface area contributed by atoms with Crippen LogP contribution >= 0.6 is 0 Å². The highest BCUT2D eigenvalue weighted by Gasteiger charge is 2.12. The van der Waals surface area contributed by atoms with Gasteiger partial charge in [-0.1, -0.05) is 12.1 Å². The molecule has 0 saturated carbocycles. The van der Waals surface area contributed by atoms with Crippen LogP contribution in [0.4, 0.5) is 21.8 Å². The molecule has 0 bridgehead atoms. The average molecular weight is 366 g/mol. The van der Waals surface area contributed by atoms with E-state index in [0.29, 0.717) is 37.3 Å². The van der Waals surface area contributed by atoms with Crippen molar-refractivity contribution in [2.24, 2.45) is 0 Å². The average Bonchev–Trinajstić information content (AvgIpc) is 2.67. The normalized spacial score (nSPS) is 12.5. The molecule has 138 valence electrons. The number of hydrogen-bond acceptors (Lipinski definition) is 6. The van der Waals surface area contributed by atoms with Gasteiger partial charge in [0.05, 0.1) is 0 Å². The van der Waals surface area contributed by atoms with Gasteiger partial charge in [0, 0.05) is 30.1 Å². The van der Waals surface area contributed by atoms with Gasteiger partial charge in [0.25, 0.3) is 0 Å². The molecule has 1 aliphatic rings. The molecule has 0 spiro atoms. The zero-order valence-corrected chi connectivity index (χ0v) is 14.8. The maximum atomic E-state index is 13.0. The van der Waals surface area contributed by atoms with Crippen LogP contribution in [0, 0.1) is 12.7 Å². The summed E-state index contributed by atoms with van der Waals surface area (Å²) in [4.78, 5) is 8.92. The molecular formula is C20H19FN4O2. The van der Waals surface area contributed by atoms with Crippen molar-refractivity contribution in [3.63, 3.8) is 0 Å². The second kappa shape index (κ2) is 7.49. The van der Waals surface area contributed by atoms with Gasteiger partial charge in [-0.2, -0.15) is 4.98 Å². The number of benzene rings is 2. The summed E-state index contributed by atoms with van der Waals surface area (Å²) in [5.41, 5.74) is 2.61. The summed E-state index contributed by atoms with van der Waals surface area (Å²) < 4.78 is 24.1. The van der Waals surface area contributed by atoms with Crippen LogP contribution in [-0.2, 0) is 6.54 Å². The third-order valence-corrected chi connectivity index (χ3v) is 4.04. The summed E-state index contributed by atoms with van der Waals surface area (Å²) in [5, 5.41) is 6.43. The maximum Gasteiger partial charge on any atom is 0.229 e. The van der Waals surface area contributed by atoms with Crippen molar-refractivity contribution >= 4 is 17.5 Å². The fourth-order valence-electron chi connectivity index (χ4n) is 2.76. The van der Waals surface area contributed by atoms with E-state index in [0.717, 1.165) is 22.7 Å². The highest BCUT2D eigenvalue weighted by Crippen LogP contribution is 2.33. The van der Waals surface area contributed by atoms with E-state index >= 15 is 0 Å². The molecule has 0 saturated heterocycles. The fourth-order valence-corrected chi connectivity index (χ4v) is 2.76. The highest BCUT2D eigenvalue weighted by molar-refractivity contribution is 5.61. The van der Waals surface area contributed by atoms with E-state index in [-0.39, 0.29) is 5.82 Å². The van der Waals surface area contributed by atoms with Crippen molar-refractivity contribution in [3.05, 3.63) is 65.6 Å². The molecule has 2 aromatic carbocycles. The van der Waals surface area contributed by atoms with Gasteiger partial charge in [0.1, 0.15) is 24.8 Å². The van der Waals surface area contributed by atoms with Crippen molar-refractivity contribution in [2.45, 2.75) is 13.5 Å². The number of halogens is 1. The molecule has 2 N–H and O–H groups in total. The van der Waals surface area contributed by atoms with Gasteiger partial charge in [0.15, 0.2) is 11.5 Å². The minimum Gasteiger partial charge on any atom is -0.486 e. The topological polar surface area (TPSA) is 68.3 Å². The van der Waals surface area contributed by atoms with Crippen molar-refractivity contribution in [2.75, 3.05) is 23.8 Å². The summed E-state index contributed by atoms with van der Waals surface area (Å²) in [6.07, 6.45) is 0. The Labute approximate surface area is 156 Å². The number of rotatable bonds is 5. The zero-order chi connectivity index (χ0) is 18.6. The molecule has 1 aromatic heterocycles. The van der Waals surface area contributed by atoms with Gasteiger partial charge in [-0.15, -0.1) is 0 Å². The predicted octanol–water partition coefficient (Wildman–Crippen LogP) is 4.05. The molecule has 3 aromatic rings. The Morgan fingerprint density at radius 1 is 0.963 bits per heavy atom. The SMILES string of the molecule is Cc1cc(NCc2ccc(F)cc2)nc(Nc2ccc3c(c2)OCCO3)n1. The first kappa shape index (κ1) is 17.1. The van der Waals surface area contributed by atoms with Crippen LogP contribution in [0.5, 0.6) is 11.5 Å². The molecule has 7 heteroatoms. The standard InChI is InChI=1S/C20H19FN4O2/c1-13-10-19(22-12-14-2-4-15(21)5-3-14)25-20(23-13)24-16-6-7-17-18(11-16)27-9-8-26-17/h2-7,10-11H,8-9,12H2,1H3,(H2,22,23,24,25). The predicted molar refractivity (Wildman–Crippen MR) is 101 cm³/mol. The van der Waals surface area contributed by atoms with E-state index in [1.165, 1.54) is 12.1 Å². The minimum absolute atomic E-state index is 0.248. The van der Waals surface area contributed by atoms with Gasteiger partial charge in [-0.25, -0.2) is 9.37 Å². The highest BCUT2D eigenvalue weighted by atomic mass is 19.1. The largest absolute Gasteiger partial charge is 0.486 e. The lowest BCUT2D eigenvalue weighted by atomic mass is 10.2. The summed E-state index contributed by atoms with van der Waals surface area (Å²) in [5.74, 6) is 2.36. The van der Waals surface area contributed by atoms with Crippen LogP contribution in [0.15, 0.2) is 48.5 Å². The lowest BCUT2D eigenvalue weighted by Gasteiger charge is -2.19. The molecule has 6 nitrogen and oxygen atoms in total. The van der Waals surface area contributed by atoms with Crippen LogP contribution in [0.3, 0.4) is 0 Å². The number of fused-ring (bicyclic) bond motifs is 1. The lowest BCUT2D eigenvalue weighted by molar-refractivity contribution is 0.171. The molecule has 0 unspecified atom stereocenters. The van der Waals surface area contributed by atoms with E-state index in [4.69, 9.17) is 9.47 Å². The van der Waals surface area contributed by atoms with Gasteiger partial charge in [-0.05, 0) is 36.8 Å². The number of ether oxygens (including phenoxy) is 2. The number of aryl methyl sites for hydroxylation is 1. The van der Waals surface area contributed by atoms with E-state index < -0.39 is 0 Å². The number of hydrogen-bond donors (Lipinski definition) is 2. The second-order valence-corrected chi connectivity index (χ2v) is 6.18. The Hall–Kier alpha value is -3.35. The third-order valence-electron chi connectivity index (χ3n) is 4.04. The number of aromatic nitrogens is 2. The molecule has 2 heterocycles. The first-order valence-electron chi connectivity index (χ1n) is 8.66. The Morgan fingerprint density at radius 2 is 1.74 bits per heavy atom. The first-order valence-corrected chi connectivity index (χ1v) is 8.66. The maximum absolute atomic E-state index is 13.0. The van der Waals surface area contributed by atoms with Crippen LogP contribution < -0.4 is 20.1 Å². The molecule has 4 rings (SSSR count). The quantitative estimate of drug-likeness (QED) is 0.710. The van der Waals surface area contributed by atoms with Gasteiger partial charge >= 0.3 is 0 Å². The molecule has 27 heavy (non-hydrogen) atoms. The van der Waals surface area contributed by atoms with E-state index in [9.17, 15) is 4.39 Å². The van der Waals surface area contributed by atoms with Crippen molar-refractivity contribution < 1.29 is 13.9 Å². The third kappa shape index (κ3) is 4.25.